The first-order valence-corrected chi connectivity index (χ1v) is 8.22. The summed E-state index contributed by atoms with van der Waals surface area (Å²) in [7, 11) is 0. The first kappa shape index (κ1) is 23.2. The summed E-state index contributed by atoms with van der Waals surface area (Å²) in [6, 6.07) is 0.471. The molecular weight excluding hydrogens is 377 g/mol. The number of hydrogen-bond acceptors (Lipinski definition) is 2. The Labute approximate surface area is 148 Å². The number of rotatable bonds is 11. The molecule has 1 atom stereocenters. The summed E-state index contributed by atoms with van der Waals surface area (Å²) < 4.78 is 5.33. The number of hydrogen-bond donors (Lipinski definition) is 2. The van der Waals surface area contributed by atoms with E-state index in [9.17, 15) is 0 Å². The fourth-order valence-electron chi connectivity index (χ4n) is 1.86. The number of ether oxygens (including phenoxy) is 1. The van der Waals surface area contributed by atoms with Crippen molar-refractivity contribution in [2.45, 2.75) is 66.3 Å². The van der Waals surface area contributed by atoms with Crippen molar-refractivity contribution in [2.24, 2.45) is 10.9 Å². The highest BCUT2D eigenvalue weighted by Crippen LogP contribution is 2.06. The molecule has 0 radical (unpaired) electrons. The van der Waals surface area contributed by atoms with Crippen molar-refractivity contribution in [1.82, 2.24) is 10.6 Å². The molecule has 0 rings (SSSR count). The first-order chi connectivity index (χ1) is 9.60. The number of nitrogens with one attached hydrogen (secondary N) is 2. The fraction of sp³-hybridized carbons (Fsp3) is 0.938. The van der Waals surface area contributed by atoms with Crippen molar-refractivity contribution in [3.8, 4) is 0 Å². The number of unbranched alkanes of at least 4 members (excludes halogenated alkanes) is 1. The van der Waals surface area contributed by atoms with E-state index in [1.165, 1.54) is 12.8 Å². The van der Waals surface area contributed by atoms with Crippen LogP contribution in [0, 0.1) is 5.92 Å². The van der Waals surface area contributed by atoms with Crippen LogP contribution in [0.3, 0.4) is 0 Å². The molecule has 2 N–H and O–H groups in total. The summed E-state index contributed by atoms with van der Waals surface area (Å²) in [4.78, 5) is 4.62. The molecular formula is C16H36IN3O. The summed E-state index contributed by atoms with van der Waals surface area (Å²) in [5.41, 5.74) is 0. The minimum absolute atomic E-state index is 0. The first-order valence-electron chi connectivity index (χ1n) is 8.22. The fourth-order valence-corrected chi connectivity index (χ4v) is 1.86. The average Bonchev–Trinajstić information content (AvgIpc) is 2.40. The van der Waals surface area contributed by atoms with Crippen LogP contribution in [0.5, 0.6) is 0 Å². The maximum absolute atomic E-state index is 5.33. The maximum atomic E-state index is 5.33. The van der Waals surface area contributed by atoms with Crippen molar-refractivity contribution >= 4 is 29.9 Å². The molecule has 0 spiro atoms. The van der Waals surface area contributed by atoms with Crippen LogP contribution in [0.2, 0.25) is 0 Å². The molecule has 0 saturated carbocycles. The average molecular weight is 413 g/mol. The highest BCUT2D eigenvalue weighted by Gasteiger charge is 2.05. The highest BCUT2D eigenvalue weighted by molar-refractivity contribution is 14.0. The maximum Gasteiger partial charge on any atom is 0.191 e. The van der Waals surface area contributed by atoms with Gasteiger partial charge in [0.1, 0.15) is 0 Å². The Bertz CT molecular complexity index is 248. The Kier molecular flexibility index (Phi) is 18.1. The van der Waals surface area contributed by atoms with Gasteiger partial charge in [0.15, 0.2) is 5.96 Å². The molecule has 0 aliphatic rings. The van der Waals surface area contributed by atoms with E-state index in [0.717, 1.165) is 51.0 Å². The molecule has 0 amide bonds. The number of nitrogens with zero attached hydrogens (tertiary/aromatic N) is 1. The molecule has 0 aliphatic heterocycles. The Balaban J connectivity index is 0. The smallest absolute Gasteiger partial charge is 0.191 e. The molecule has 128 valence electrons. The van der Waals surface area contributed by atoms with Crippen LogP contribution < -0.4 is 10.6 Å². The second-order valence-electron chi connectivity index (χ2n) is 5.68. The van der Waals surface area contributed by atoms with Gasteiger partial charge in [-0.3, -0.25) is 4.99 Å². The Morgan fingerprint density at radius 1 is 1.10 bits per heavy atom. The molecule has 0 saturated heterocycles. The van der Waals surface area contributed by atoms with E-state index >= 15 is 0 Å². The van der Waals surface area contributed by atoms with Crippen LogP contribution in [-0.2, 0) is 4.74 Å². The van der Waals surface area contributed by atoms with Crippen LogP contribution in [0.4, 0.5) is 0 Å². The minimum Gasteiger partial charge on any atom is -0.382 e. The zero-order valence-electron chi connectivity index (χ0n) is 14.6. The second-order valence-corrected chi connectivity index (χ2v) is 5.68. The van der Waals surface area contributed by atoms with Crippen molar-refractivity contribution in [1.29, 1.82) is 0 Å². The van der Waals surface area contributed by atoms with Crippen molar-refractivity contribution < 1.29 is 4.74 Å². The molecule has 0 fully saturated rings. The molecule has 4 nitrogen and oxygen atoms in total. The number of halogens is 1. The molecule has 0 heterocycles. The molecule has 0 bridgehead atoms. The van der Waals surface area contributed by atoms with E-state index in [1.807, 2.05) is 6.92 Å². The molecule has 21 heavy (non-hydrogen) atoms. The van der Waals surface area contributed by atoms with Crippen LogP contribution in [0.25, 0.3) is 0 Å². The lowest BCUT2D eigenvalue weighted by atomic mass is 10.0. The Morgan fingerprint density at radius 2 is 1.81 bits per heavy atom. The number of aliphatic imine (C=N–C) groups is 1. The van der Waals surface area contributed by atoms with E-state index < -0.39 is 0 Å². The van der Waals surface area contributed by atoms with E-state index in [0.29, 0.717) is 6.04 Å². The van der Waals surface area contributed by atoms with E-state index in [1.54, 1.807) is 0 Å². The monoisotopic (exact) mass is 413 g/mol. The third-order valence-corrected chi connectivity index (χ3v) is 3.08. The van der Waals surface area contributed by atoms with Gasteiger partial charge in [0, 0.05) is 32.3 Å². The van der Waals surface area contributed by atoms with Gasteiger partial charge in [-0.05, 0) is 52.4 Å². The van der Waals surface area contributed by atoms with Gasteiger partial charge in [-0.2, -0.15) is 0 Å². The van der Waals surface area contributed by atoms with Crippen LogP contribution >= 0.6 is 24.0 Å². The van der Waals surface area contributed by atoms with Gasteiger partial charge in [-0.25, -0.2) is 0 Å². The highest BCUT2D eigenvalue weighted by atomic mass is 127. The molecule has 0 aliphatic carbocycles. The van der Waals surface area contributed by atoms with Crippen LogP contribution in [0.1, 0.15) is 60.3 Å². The van der Waals surface area contributed by atoms with Gasteiger partial charge in [0.05, 0.1) is 0 Å². The van der Waals surface area contributed by atoms with Crippen molar-refractivity contribution in [3.63, 3.8) is 0 Å². The van der Waals surface area contributed by atoms with E-state index in [2.05, 4.69) is 43.3 Å². The summed E-state index contributed by atoms with van der Waals surface area (Å²) in [5.74, 6) is 1.71. The predicted molar refractivity (Wildman–Crippen MR) is 104 cm³/mol. The lowest BCUT2D eigenvalue weighted by Crippen LogP contribution is -2.42. The van der Waals surface area contributed by atoms with Gasteiger partial charge >= 0.3 is 0 Å². The normalized spacial score (nSPS) is 13.0. The lowest BCUT2D eigenvalue weighted by Gasteiger charge is -2.18. The van der Waals surface area contributed by atoms with E-state index in [4.69, 9.17) is 4.74 Å². The molecule has 0 aromatic heterocycles. The standard InChI is InChI=1S/C16H35N3O.HI/c1-6-17-16(18-12-8-9-13-20-7-2)19-15(5)11-10-14(3)4;/h14-15H,6-13H2,1-5H3,(H2,17,18,19);1H. The van der Waals surface area contributed by atoms with E-state index in [-0.39, 0.29) is 24.0 Å². The van der Waals surface area contributed by atoms with Gasteiger partial charge < -0.3 is 15.4 Å². The third kappa shape index (κ3) is 16.2. The lowest BCUT2D eigenvalue weighted by molar-refractivity contribution is 0.144. The van der Waals surface area contributed by atoms with Gasteiger partial charge in [0.25, 0.3) is 0 Å². The molecule has 0 aromatic carbocycles. The summed E-state index contributed by atoms with van der Waals surface area (Å²) >= 11 is 0. The minimum atomic E-state index is 0. The Hall–Kier alpha value is -0.0400. The Morgan fingerprint density at radius 3 is 2.38 bits per heavy atom. The van der Waals surface area contributed by atoms with Gasteiger partial charge in [-0.15, -0.1) is 24.0 Å². The predicted octanol–water partition coefficient (Wildman–Crippen LogP) is 3.80. The van der Waals surface area contributed by atoms with Crippen molar-refractivity contribution in [3.05, 3.63) is 0 Å². The SMILES string of the molecule is CCNC(=NCCCCOCC)NC(C)CCC(C)C.I. The summed E-state index contributed by atoms with van der Waals surface area (Å²) in [5, 5.41) is 6.79. The van der Waals surface area contributed by atoms with Crippen LogP contribution in [0.15, 0.2) is 4.99 Å². The zero-order valence-corrected chi connectivity index (χ0v) is 16.9. The summed E-state index contributed by atoms with van der Waals surface area (Å²) in [6.45, 7) is 14.3. The largest absolute Gasteiger partial charge is 0.382 e. The molecule has 1 unspecified atom stereocenters. The van der Waals surface area contributed by atoms with Gasteiger partial charge in [0.2, 0.25) is 0 Å². The third-order valence-electron chi connectivity index (χ3n) is 3.08. The van der Waals surface area contributed by atoms with Crippen LogP contribution in [-0.4, -0.2) is 38.3 Å². The molecule has 0 aromatic rings. The molecule has 5 heteroatoms. The summed E-state index contributed by atoms with van der Waals surface area (Å²) in [6.07, 6.45) is 4.60. The zero-order chi connectivity index (χ0) is 15.2. The topological polar surface area (TPSA) is 45.7 Å². The van der Waals surface area contributed by atoms with Gasteiger partial charge in [-0.1, -0.05) is 13.8 Å². The second kappa shape index (κ2) is 16.3. The number of guanidine groups is 1. The van der Waals surface area contributed by atoms with Crippen molar-refractivity contribution in [2.75, 3.05) is 26.3 Å². The quantitative estimate of drug-likeness (QED) is 0.234.